The summed E-state index contributed by atoms with van der Waals surface area (Å²) in [4.78, 5) is 41.9. The molecule has 4 atom stereocenters. The topological polar surface area (TPSA) is 144 Å². The molecule has 0 N–H and O–H groups in total. The van der Waals surface area contributed by atoms with Crippen molar-refractivity contribution in [2.75, 3.05) is 19.5 Å². The van der Waals surface area contributed by atoms with Crippen LogP contribution in [0.5, 0.6) is 0 Å². The van der Waals surface area contributed by atoms with Crippen LogP contribution in [0.25, 0.3) is 0 Å². The Labute approximate surface area is 228 Å². The molecule has 2 aromatic carbocycles. The Kier molecular flexibility index (Phi) is 9.07. The van der Waals surface area contributed by atoms with E-state index in [1.54, 1.807) is 55.5 Å². The van der Waals surface area contributed by atoms with Gasteiger partial charge >= 0.3 is 17.9 Å². The molecule has 1 fully saturated rings. The quantitative estimate of drug-likeness (QED) is 0.200. The number of nitrogens with zero attached hydrogens (tertiary/aromatic N) is 1. The SMILES string of the molecule is CCOC(=O)c1csc([C@@H]2O[C@H](COC(=O)c3ccccc3)[C@@H](OC(=O)c3ccccc3)[C@@H]2OS(C)(=O)=O)n1. The Hall–Kier alpha value is -3.65. The molecule has 13 heteroatoms. The van der Waals surface area contributed by atoms with Gasteiger partial charge in [-0.1, -0.05) is 36.4 Å². The second-order valence-electron chi connectivity index (χ2n) is 8.35. The maximum Gasteiger partial charge on any atom is 0.357 e. The predicted molar refractivity (Wildman–Crippen MR) is 138 cm³/mol. The van der Waals surface area contributed by atoms with Crippen LogP contribution >= 0.6 is 11.3 Å². The number of ether oxygens (including phenoxy) is 4. The summed E-state index contributed by atoms with van der Waals surface area (Å²) in [7, 11) is -4.09. The van der Waals surface area contributed by atoms with Gasteiger partial charge in [0.05, 0.1) is 24.0 Å². The van der Waals surface area contributed by atoms with Crippen molar-refractivity contribution < 1.29 is 45.9 Å². The lowest BCUT2D eigenvalue weighted by atomic mass is 10.1. The van der Waals surface area contributed by atoms with Crippen LogP contribution in [-0.2, 0) is 33.2 Å². The van der Waals surface area contributed by atoms with E-state index in [0.29, 0.717) is 0 Å². The molecule has 39 heavy (non-hydrogen) atoms. The molecule has 0 bridgehead atoms. The zero-order valence-electron chi connectivity index (χ0n) is 20.9. The van der Waals surface area contributed by atoms with Gasteiger partial charge in [0.1, 0.15) is 29.9 Å². The number of hydrogen-bond acceptors (Lipinski definition) is 12. The number of carbonyl (C=O) groups excluding carboxylic acids is 3. The van der Waals surface area contributed by atoms with Gasteiger partial charge in [-0.25, -0.2) is 19.4 Å². The van der Waals surface area contributed by atoms with Crippen LogP contribution in [0.2, 0.25) is 0 Å². The molecule has 4 rings (SSSR count). The van der Waals surface area contributed by atoms with Gasteiger partial charge in [0, 0.05) is 5.38 Å². The number of rotatable bonds is 10. The Morgan fingerprint density at radius 2 is 1.51 bits per heavy atom. The molecular formula is C26H25NO10S2. The molecule has 3 aromatic rings. The highest BCUT2D eigenvalue weighted by Gasteiger charge is 2.52. The normalized spacial score (nSPS) is 20.8. The molecule has 1 aliphatic rings. The second kappa shape index (κ2) is 12.5. The summed E-state index contributed by atoms with van der Waals surface area (Å²) in [6.45, 7) is 1.39. The van der Waals surface area contributed by atoms with Crippen molar-refractivity contribution >= 4 is 39.4 Å². The first-order valence-corrected chi connectivity index (χ1v) is 14.5. The molecular weight excluding hydrogens is 550 g/mol. The van der Waals surface area contributed by atoms with Crippen molar-refractivity contribution in [1.29, 1.82) is 0 Å². The van der Waals surface area contributed by atoms with E-state index in [9.17, 15) is 22.8 Å². The highest BCUT2D eigenvalue weighted by Crippen LogP contribution is 2.40. The van der Waals surface area contributed by atoms with Gasteiger partial charge in [-0.15, -0.1) is 11.3 Å². The molecule has 0 radical (unpaired) electrons. The molecule has 0 spiro atoms. The Morgan fingerprint density at radius 3 is 2.10 bits per heavy atom. The molecule has 206 valence electrons. The standard InChI is InChI=1S/C26H25NO10S2/c1-3-33-26(30)18-15-38-23(27-18)22-21(37-39(2,31)32)20(36-25(29)17-12-8-5-9-13-17)19(35-22)14-34-24(28)16-10-6-4-7-11-16/h4-13,15,19-22H,3,14H2,1-2H3/t19-,20-,21+,22-/m1/s1. The predicted octanol–water partition coefficient (Wildman–Crippen LogP) is 3.19. The summed E-state index contributed by atoms with van der Waals surface area (Å²) in [6.07, 6.45) is -4.18. The number of carbonyl (C=O) groups is 3. The van der Waals surface area contributed by atoms with E-state index in [0.717, 1.165) is 17.6 Å². The van der Waals surface area contributed by atoms with Gasteiger partial charge in [0.15, 0.2) is 11.8 Å². The molecule has 0 aliphatic carbocycles. The lowest BCUT2D eigenvalue weighted by molar-refractivity contribution is -0.0434. The van der Waals surface area contributed by atoms with Crippen LogP contribution in [0, 0.1) is 0 Å². The number of esters is 3. The van der Waals surface area contributed by atoms with E-state index in [4.69, 9.17) is 23.1 Å². The van der Waals surface area contributed by atoms with E-state index >= 15 is 0 Å². The lowest BCUT2D eigenvalue weighted by Gasteiger charge is -2.23. The van der Waals surface area contributed by atoms with E-state index in [2.05, 4.69) is 4.98 Å². The van der Waals surface area contributed by atoms with Crippen molar-refractivity contribution in [3.63, 3.8) is 0 Å². The number of benzene rings is 2. The molecule has 0 saturated carbocycles. The summed E-state index contributed by atoms with van der Waals surface area (Å²) in [6, 6.07) is 16.3. The van der Waals surface area contributed by atoms with Crippen LogP contribution in [0.1, 0.15) is 49.2 Å². The minimum absolute atomic E-state index is 0.00431. The number of thiazole rings is 1. The third-order valence-corrected chi connectivity index (χ3v) is 6.96. The van der Waals surface area contributed by atoms with Gasteiger partial charge in [0.2, 0.25) is 0 Å². The van der Waals surface area contributed by atoms with Crippen LogP contribution in [0.15, 0.2) is 66.0 Å². The average molecular weight is 576 g/mol. The van der Waals surface area contributed by atoms with Crippen molar-refractivity contribution in [3.05, 3.63) is 87.9 Å². The Balaban J connectivity index is 1.65. The zero-order valence-corrected chi connectivity index (χ0v) is 22.6. The fourth-order valence-corrected chi connectivity index (χ4v) is 5.28. The fourth-order valence-electron chi connectivity index (χ4n) is 3.81. The van der Waals surface area contributed by atoms with Gasteiger partial charge in [-0.2, -0.15) is 8.42 Å². The van der Waals surface area contributed by atoms with Crippen molar-refractivity contribution in [1.82, 2.24) is 4.98 Å². The van der Waals surface area contributed by atoms with E-state index in [1.165, 1.54) is 17.5 Å². The molecule has 1 saturated heterocycles. The largest absolute Gasteiger partial charge is 0.461 e. The zero-order chi connectivity index (χ0) is 28.0. The molecule has 0 amide bonds. The number of aromatic nitrogens is 1. The summed E-state index contributed by atoms with van der Waals surface area (Å²) in [5.41, 5.74) is 0.487. The van der Waals surface area contributed by atoms with E-state index < -0.39 is 59.0 Å². The minimum Gasteiger partial charge on any atom is -0.461 e. The molecule has 2 heterocycles. The summed E-state index contributed by atoms with van der Waals surface area (Å²) >= 11 is 1.01. The average Bonchev–Trinajstić information content (AvgIpc) is 3.53. The molecule has 11 nitrogen and oxygen atoms in total. The van der Waals surface area contributed by atoms with Crippen LogP contribution < -0.4 is 0 Å². The van der Waals surface area contributed by atoms with Gasteiger partial charge < -0.3 is 18.9 Å². The van der Waals surface area contributed by atoms with Crippen molar-refractivity contribution in [3.8, 4) is 0 Å². The first kappa shape index (κ1) is 28.4. The third-order valence-electron chi connectivity index (χ3n) is 5.49. The van der Waals surface area contributed by atoms with E-state index in [-0.39, 0.29) is 28.4 Å². The molecule has 1 aliphatic heterocycles. The Bertz CT molecular complexity index is 1410. The highest BCUT2D eigenvalue weighted by molar-refractivity contribution is 7.86. The smallest absolute Gasteiger partial charge is 0.357 e. The van der Waals surface area contributed by atoms with Gasteiger partial charge in [0.25, 0.3) is 10.1 Å². The highest BCUT2D eigenvalue weighted by atomic mass is 32.2. The second-order valence-corrected chi connectivity index (χ2v) is 10.8. The van der Waals surface area contributed by atoms with Crippen molar-refractivity contribution in [2.45, 2.75) is 31.3 Å². The maximum absolute atomic E-state index is 13.0. The number of hydrogen-bond donors (Lipinski definition) is 0. The van der Waals surface area contributed by atoms with Gasteiger partial charge in [-0.3, -0.25) is 4.18 Å². The maximum atomic E-state index is 13.0. The third kappa shape index (κ3) is 7.26. The van der Waals surface area contributed by atoms with E-state index in [1.807, 2.05) is 0 Å². The first-order valence-electron chi connectivity index (χ1n) is 11.8. The summed E-state index contributed by atoms with van der Waals surface area (Å²) < 4.78 is 51.9. The van der Waals surface area contributed by atoms with Crippen LogP contribution in [0.3, 0.4) is 0 Å². The molecule has 0 unspecified atom stereocenters. The lowest BCUT2D eigenvalue weighted by Crippen LogP contribution is -2.40. The first-order chi connectivity index (χ1) is 18.7. The summed E-state index contributed by atoms with van der Waals surface area (Å²) in [5, 5.41) is 1.62. The van der Waals surface area contributed by atoms with Crippen molar-refractivity contribution in [2.24, 2.45) is 0 Å². The monoisotopic (exact) mass is 575 g/mol. The summed E-state index contributed by atoms with van der Waals surface area (Å²) in [5.74, 6) is -2.09. The van der Waals surface area contributed by atoms with Crippen LogP contribution in [-0.4, -0.2) is 69.1 Å². The van der Waals surface area contributed by atoms with Gasteiger partial charge in [-0.05, 0) is 31.2 Å². The fraction of sp³-hybridized carbons (Fsp3) is 0.308. The van der Waals surface area contributed by atoms with Crippen LogP contribution in [0.4, 0.5) is 0 Å². The molecule has 1 aromatic heterocycles. The minimum atomic E-state index is -4.09. The Morgan fingerprint density at radius 1 is 0.897 bits per heavy atom.